The Morgan fingerprint density at radius 2 is 2.16 bits per heavy atom. The fraction of sp³-hybridized carbons (Fsp3) is 0.217. The van der Waals surface area contributed by atoms with Crippen LogP contribution in [0.4, 0.5) is 9.93 Å². The molecule has 14 heteroatoms. The first-order valence-corrected chi connectivity index (χ1v) is 12.8. The molecule has 2 aliphatic heterocycles. The smallest absolute Gasteiger partial charge is 0.355 e. The van der Waals surface area contributed by atoms with Gasteiger partial charge in [0.15, 0.2) is 28.4 Å². The summed E-state index contributed by atoms with van der Waals surface area (Å²) in [6.07, 6.45) is 9.95. The first-order chi connectivity index (χ1) is 17.9. The second kappa shape index (κ2) is 10.4. The quantitative estimate of drug-likeness (QED) is 0.427. The van der Waals surface area contributed by atoms with Crippen molar-refractivity contribution in [3.05, 3.63) is 75.5 Å². The number of amides is 4. The van der Waals surface area contributed by atoms with Crippen molar-refractivity contribution in [2.75, 3.05) is 5.32 Å². The molecule has 5 rings (SSSR count). The summed E-state index contributed by atoms with van der Waals surface area (Å²) in [6, 6.07) is -3.29. The molecule has 1 aliphatic carbocycles. The molecule has 12 nitrogen and oxygen atoms in total. The Bertz CT molecular complexity index is 1380. The first-order valence-electron chi connectivity index (χ1n) is 11.0. The number of hydrogen-bond donors (Lipinski definition) is 3. The highest BCUT2D eigenvalue weighted by Crippen LogP contribution is 2.30. The van der Waals surface area contributed by atoms with Crippen LogP contribution in [0, 0.1) is 0 Å². The summed E-state index contributed by atoms with van der Waals surface area (Å²) in [7, 11) is 0. The van der Waals surface area contributed by atoms with Crippen molar-refractivity contribution in [1.82, 2.24) is 20.2 Å². The first kappa shape index (κ1) is 24.4. The number of carboxylic acid groups (broad SMARTS) is 1. The summed E-state index contributed by atoms with van der Waals surface area (Å²) in [6.45, 7) is 0. The fourth-order valence-electron chi connectivity index (χ4n) is 3.85. The summed E-state index contributed by atoms with van der Waals surface area (Å²) >= 11 is 2.21. The average Bonchev–Trinajstić information content (AvgIpc) is 3.65. The Hall–Kier alpha value is -4.30. The van der Waals surface area contributed by atoms with Gasteiger partial charge >= 0.3 is 12.0 Å². The highest BCUT2D eigenvalue weighted by molar-refractivity contribution is 7.14. The van der Waals surface area contributed by atoms with Gasteiger partial charge in [0.2, 0.25) is 5.91 Å². The molecule has 1 unspecified atom stereocenters. The number of nitrogens with one attached hydrogen (secondary N) is 2. The highest BCUT2D eigenvalue weighted by Gasteiger charge is 2.48. The highest BCUT2D eigenvalue weighted by atomic mass is 32.1. The number of carbonyl (C=O) groups excluding carboxylic acids is 3. The number of ether oxygens (including phenoxy) is 2. The van der Waals surface area contributed by atoms with E-state index < -0.39 is 35.9 Å². The normalized spacial score (nSPS) is 19.7. The molecule has 37 heavy (non-hydrogen) atoms. The van der Waals surface area contributed by atoms with E-state index in [2.05, 4.69) is 20.6 Å². The minimum absolute atomic E-state index is 0.0191. The second-order valence-corrected chi connectivity index (χ2v) is 9.60. The lowest BCUT2D eigenvalue weighted by Crippen LogP contribution is -2.49. The number of thiazole rings is 2. The summed E-state index contributed by atoms with van der Waals surface area (Å²) < 4.78 is 11.3. The Kier molecular flexibility index (Phi) is 6.83. The summed E-state index contributed by atoms with van der Waals surface area (Å²) in [5.41, 5.74) is 2.71. The Morgan fingerprint density at radius 1 is 1.30 bits per heavy atom. The van der Waals surface area contributed by atoms with Gasteiger partial charge in [0.05, 0.1) is 11.2 Å². The molecule has 0 aromatic carbocycles. The zero-order valence-corrected chi connectivity index (χ0v) is 20.6. The van der Waals surface area contributed by atoms with Gasteiger partial charge in [-0.2, -0.15) is 0 Å². The molecule has 0 spiro atoms. The molecule has 0 saturated carbocycles. The molecule has 2 aromatic heterocycles. The molecule has 2 atom stereocenters. The van der Waals surface area contributed by atoms with Crippen molar-refractivity contribution in [1.29, 1.82) is 0 Å². The number of allylic oxidation sites excluding steroid dienone is 4. The summed E-state index contributed by atoms with van der Waals surface area (Å²) in [5.74, 6) is -2.17. The van der Waals surface area contributed by atoms with Crippen LogP contribution in [0.25, 0.3) is 0 Å². The molecule has 4 heterocycles. The monoisotopic (exact) mass is 541 g/mol. The number of nitrogens with zero attached hydrogens (tertiary/aromatic N) is 3. The van der Waals surface area contributed by atoms with Gasteiger partial charge in [0.1, 0.15) is 18.6 Å². The molecule has 3 aliphatic rings. The third kappa shape index (κ3) is 5.15. The maximum Gasteiger partial charge on any atom is 0.355 e. The number of hydrogen-bond acceptors (Lipinski definition) is 10. The number of carboxylic acids is 1. The zero-order valence-electron chi connectivity index (χ0n) is 18.9. The van der Waals surface area contributed by atoms with Crippen LogP contribution in [0.5, 0.6) is 0 Å². The molecule has 1 fully saturated rings. The van der Waals surface area contributed by atoms with Crippen LogP contribution in [0.2, 0.25) is 0 Å². The third-order valence-electron chi connectivity index (χ3n) is 5.63. The van der Waals surface area contributed by atoms with Crippen LogP contribution < -0.4 is 10.6 Å². The second-order valence-electron chi connectivity index (χ2n) is 8.02. The molecule has 0 bridgehead atoms. The van der Waals surface area contributed by atoms with Crippen LogP contribution in [0.15, 0.2) is 64.1 Å². The molecule has 190 valence electrons. The fourth-order valence-corrected chi connectivity index (χ4v) is 5.11. The molecular weight excluding hydrogens is 522 g/mol. The lowest BCUT2D eigenvalue weighted by Gasteiger charge is -2.24. The van der Waals surface area contributed by atoms with Gasteiger partial charge in [0.25, 0.3) is 5.91 Å². The van der Waals surface area contributed by atoms with Crippen molar-refractivity contribution in [2.45, 2.75) is 31.3 Å². The maximum absolute atomic E-state index is 13.5. The van der Waals surface area contributed by atoms with Crippen LogP contribution in [0.3, 0.4) is 0 Å². The van der Waals surface area contributed by atoms with E-state index in [9.17, 15) is 19.2 Å². The van der Waals surface area contributed by atoms with Gasteiger partial charge in [-0.3, -0.25) is 9.59 Å². The number of rotatable bonds is 8. The maximum atomic E-state index is 13.5. The van der Waals surface area contributed by atoms with Gasteiger partial charge in [0, 0.05) is 17.2 Å². The Balaban J connectivity index is 1.36. The van der Waals surface area contributed by atoms with E-state index in [1.54, 1.807) is 10.9 Å². The van der Waals surface area contributed by atoms with E-state index in [0.29, 0.717) is 11.5 Å². The largest absolute Gasteiger partial charge is 0.476 e. The number of urea groups is 1. The zero-order chi connectivity index (χ0) is 25.9. The van der Waals surface area contributed by atoms with E-state index in [1.165, 1.54) is 29.2 Å². The SMILES string of the molecule is O=C(O)c1csc(NC(=O)[C@H](Cc2cscn2)N2C(=O)NC(C3=COC=C(C4=CC=CCC4)O3)C2=O)n1. The Labute approximate surface area is 217 Å². The number of carbonyl (C=O) groups is 4. The number of anilines is 1. The molecule has 3 N–H and O–H groups in total. The number of imide groups is 1. The van der Waals surface area contributed by atoms with E-state index in [1.807, 2.05) is 18.2 Å². The molecule has 1 saturated heterocycles. The standard InChI is InChI=1S/C23H19N5O7S2/c29-19(27-22-25-14(10-37-22)21(31)32)15(6-13-9-36-11-24-13)28-20(30)18(26-23(28)33)17-8-34-7-16(35-17)12-4-2-1-3-5-12/h1-2,4,7-11,15,18H,3,5-6H2,(H,26,33)(H,31,32)(H,25,27,29)/t15-,18?/m0/s1. The van der Waals surface area contributed by atoms with Gasteiger partial charge in [-0.05, 0) is 18.4 Å². The van der Waals surface area contributed by atoms with Crippen molar-refractivity contribution in [3.8, 4) is 0 Å². The van der Waals surface area contributed by atoms with Gasteiger partial charge in [-0.25, -0.2) is 24.5 Å². The van der Waals surface area contributed by atoms with Crippen molar-refractivity contribution < 1.29 is 33.8 Å². The third-order valence-corrected chi connectivity index (χ3v) is 7.02. The van der Waals surface area contributed by atoms with Gasteiger partial charge in [-0.1, -0.05) is 18.2 Å². The molecular formula is C23H19N5O7S2. The molecule has 4 amide bonds. The topological polar surface area (TPSA) is 160 Å². The van der Waals surface area contributed by atoms with E-state index in [-0.39, 0.29) is 23.0 Å². The van der Waals surface area contributed by atoms with Gasteiger partial charge in [-0.15, -0.1) is 22.7 Å². The van der Waals surface area contributed by atoms with Gasteiger partial charge < -0.3 is 25.2 Å². The van der Waals surface area contributed by atoms with Crippen LogP contribution in [-0.2, 0) is 25.5 Å². The molecule has 0 radical (unpaired) electrons. The number of aromatic carboxylic acids is 1. The van der Waals surface area contributed by atoms with Crippen molar-refractivity contribution in [2.24, 2.45) is 0 Å². The van der Waals surface area contributed by atoms with Crippen molar-refractivity contribution in [3.63, 3.8) is 0 Å². The van der Waals surface area contributed by atoms with Crippen LogP contribution in [-0.4, -0.2) is 55.9 Å². The minimum Gasteiger partial charge on any atom is -0.476 e. The summed E-state index contributed by atoms with van der Waals surface area (Å²) in [5, 5.41) is 17.1. The average molecular weight is 542 g/mol. The summed E-state index contributed by atoms with van der Waals surface area (Å²) in [4.78, 5) is 59.6. The van der Waals surface area contributed by atoms with E-state index in [0.717, 1.165) is 34.7 Å². The minimum atomic E-state index is -1.29. The van der Waals surface area contributed by atoms with Crippen LogP contribution in [0.1, 0.15) is 29.0 Å². The predicted octanol–water partition coefficient (Wildman–Crippen LogP) is 2.77. The van der Waals surface area contributed by atoms with Crippen LogP contribution >= 0.6 is 22.7 Å². The molecule has 2 aromatic rings. The van der Waals surface area contributed by atoms with E-state index in [4.69, 9.17) is 14.6 Å². The number of aromatic nitrogens is 2. The lowest BCUT2D eigenvalue weighted by molar-refractivity contribution is -0.134. The van der Waals surface area contributed by atoms with Crippen molar-refractivity contribution >= 4 is 51.6 Å². The predicted molar refractivity (Wildman–Crippen MR) is 131 cm³/mol. The Morgan fingerprint density at radius 3 is 2.86 bits per heavy atom. The lowest BCUT2D eigenvalue weighted by atomic mass is 10.0. The van der Waals surface area contributed by atoms with E-state index >= 15 is 0 Å².